The number of para-hydroxylation sites is 2. The minimum atomic E-state index is -0.447. The molecule has 1 aromatic heterocycles. The molecule has 3 aromatic carbocycles. The summed E-state index contributed by atoms with van der Waals surface area (Å²) in [4.78, 5) is 38.3. The normalized spacial score (nSPS) is 12.4. The SMILES string of the molecule is C=CC(=O)Nc1ccccc1Nc1ncc2c(n1)N(Cc1cccc(N)c1)C(=O)N(c1c(Cl)c(OC)cc(OC)c1Cl)C2. The molecule has 1 aliphatic heterocycles. The van der Waals surface area contributed by atoms with E-state index in [4.69, 9.17) is 43.4 Å². The zero-order valence-electron chi connectivity index (χ0n) is 23.2. The van der Waals surface area contributed by atoms with Crippen LogP contribution in [0.1, 0.15) is 11.1 Å². The number of ether oxygens (including phenoxy) is 2. The Labute approximate surface area is 257 Å². The summed E-state index contributed by atoms with van der Waals surface area (Å²) < 4.78 is 10.9. The first-order valence-electron chi connectivity index (χ1n) is 12.9. The van der Waals surface area contributed by atoms with Gasteiger partial charge in [-0.2, -0.15) is 4.98 Å². The lowest BCUT2D eigenvalue weighted by molar-refractivity contribution is -0.111. The van der Waals surface area contributed by atoms with Crippen LogP contribution in [0.3, 0.4) is 0 Å². The van der Waals surface area contributed by atoms with Gasteiger partial charge in [-0.05, 0) is 35.9 Å². The van der Waals surface area contributed by atoms with Crippen molar-refractivity contribution in [3.63, 3.8) is 0 Å². The van der Waals surface area contributed by atoms with Crippen molar-refractivity contribution in [1.82, 2.24) is 9.97 Å². The number of urea groups is 1. The fraction of sp³-hybridized carbons (Fsp3) is 0.133. The highest BCUT2D eigenvalue weighted by Gasteiger charge is 2.37. The molecule has 0 spiro atoms. The lowest BCUT2D eigenvalue weighted by atomic mass is 10.1. The molecule has 1 aliphatic rings. The van der Waals surface area contributed by atoms with Gasteiger partial charge in [-0.25, -0.2) is 9.78 Å². The van der Waals surface area contributed by atoms with Crippen molar-refractivity contribution in [1.29, 1.82) is 0 Å². The highest BCUT2D eigenvalue weighted by atomic mass is 35.5. The summed E-state index contributed by atoms with van der Waals surface area (Å²) in [6.45, 7) is 3.69. The number of carbonyl (C=O) groups is 2. The van der Waals surface area contributed by atoms with Gasteiger partial charge >= 0.3 is 6.03 Å². The Morgan fingerprint density at radius 3 is 2.42 bits per heavy atom. The number of hydrogen-bond acceptors (Lipinski definition) is 8. The highest BCUT2D eigenvalue weighted by Crippen LogP contribution is 2.48. The number of halogens is 2. The van der Waals surface area contributed by atoms with Crippen molar-refractivity contribution in [3.05, 3.63) is 94.6 Å². The molecule has 43 heavy (non-hydrogen) atoms. The van der Waals surface area contributed by atoms with Crippen LogP contribution >= 0.6 is 23.2 Å². The first-order valence-corrected chi connectivity index (χ1v) is 13.7. The average molecular weight is 620 g/mol. The van der Waals surface area contributed by atoms with Crippen molar-refractivity contribution in [2.24, 2.45) is 0 Å². The first kappa shape index (κ1) is 29.5. The number of nitrogens with two attached hydrogens (primary N) is 1. The molecule has 0 aliphatic carbocycles. The molecule has 2 heterocycles. The van der Waals surface area contributed by atoms with Crippen molar-refractivity contribution >= 4 is 69.7 Å². The van der Waals surface area contributed by atoms with Gasteiger partial charge in [0.05, 0.1) is 44.4 Å². The van der Waals surface area contributed by atoms with Crippen LogP contribution in [0.25, 0.3) is 0 Å². The van der Waals surface area contributed by atoms with Crippen LogP contribution in [0.15, 0.2) is 73.4 Å². The fourth-order valence-corrected chi connectivity index (χ4v) is 5.29. The summed E-state index contributed by atoms with van der Waals surface area (Å²) in [6, 6.07) is 15.4. The third kappa shape index (κ3) is 5.99. The number of benzene rings is 3. The molecule has 4 N–H and O–H groups in total. The van der Waals surface area contributed by atoms with Crippen molar-refractivity contribution < 1.29 is 19.1 Å². The van der Waals surface area contributed by atoms with Gasteiger partial charge in [0.1, 0.15) is 27.4 Å². The Hall–Kier alpha value is -5.00. The Kier molecular flexibility index (Phi) is 8.56. The standard InChI is InChI=1S/C30H27Cl2N7O4/c1-4-24(40)35-20-10-5-6-11-21(20)36-29-34-14-18-16-38(27-25(31)22(42-2)13-23(43-3)26(27)32)30(41)39(28(18)37-29)15-17-8-7-9-19(33)12-17/h4-14H,1,15-16,33H2,2-3H3,(H,35,40)(H,34,36,37). The molecule has 0 radical (unpaired) electrons. The summed E-state index contributed by atoms with van der Waals surface area (Å²) in [7, 11) is 2.92. The Morgan fingerprint density at radius 1 is 1.07 bits per heavy atom. The third-order valence-electron chi connectivity index (χ3n) is 6.62. The summed E-state index contributed by atoms with van der Waals surface area (Å²) in [6.07, 6.45) is 2.79. The maximum absolute atomic E-state index is 14.2. The Bertz CT molecular complexity index is 1700. The average Bonchev–Trinajstić information content (AvgIpc) is 3.00. The number of carbonyl (C=O) groups excluding carboxylic acids is 2. The number of methoxy groups -OCH3 is 2. The third-order valence-corrected chi connectivity index (χ3v) is 7.35. The Morgan fingerprint density at radius 2 is 1.77 bits per heavy atom. The quantitative estimate of drug-likeness (QED) is 0.145. The predicted octanol–water partition coefficient (Wildman–Crippen LogP) is 6.40. The lowest BCUT2D eigenvalue weighted by Crippen LogP contribution is -2.48. The van der Waals surface area contributed by atoms with E-state index in [0.29, 0.717) is 28.4 Å². The molecule has 11 nitrogen and oxygen atoms in total. The van der Waals surface area contributed by atoms with E-state index in [9.17, 15) is 9.59 Å². The van der Waals surface area contributed by atoms with Crippen molar-refractivity contribution in [3.8, 4) is 11.5 Å². The monoisotopic (exact) mass is 619 g/mol. The van der Waals surface area contributed by atoms with Gasteiger partial charge < -0.3 is 25.8 Å². The van der Waals surface area contributed by atoms with Gasteiger partial charge in [0.15, 0.2) is 0 Å². The van der Waals surface area contributed by atoms with E-state index in [-0.39, 0.29) is 52.2 Å². The molecule has 13 heteroatoms. The van der Waals surface area contributed by atoms with Gasteiger partial charge in [-0.15, -0.1) is 0 Å². The zero-order chi connectivity index (χ0) is 30.7. The number of aromatic nitrogens is 2. The fourth-order valence-electron chi connectivity index (χ4n) is 4.58. The smallest absolute Gasteiger partial charge is 0.330 e. The van der Waals surface area contributed by atoms with Crippen molar-refractivity contribution in [2.45, 2.75) is 13.1 Å². The number of amides is 3. The first-order chi connectivity index (χ1) is 20.7. The van der Waals surface area contributed by atoms with Crippen LogP contribution < -0.4 is 35.6 Å². The summed E-state index contributed by atoms with van der Waals surface area (Å²) >= 11 is 13.4. The van der Waals surface area contributed by atoms with Crippen LogP contribution in [0.4, 0.5) is 39.3 Å². The molecule has 0 fully saturated rings. The maximum atomic E-state index is 14.2. The number of hydrogen-bond donors (Lipinski definition) is 3. The summed E-state index contributed by atoms with van der Waals surface area (Å²) in [5, 5.41) is 6.17. The lowest BCUT2D eigenvalue weighted by Gasteiger charge is -2.37. The number of nitrogens with one attached hydrogen (secondary N) is 2. The van der Waals surface area contributed by atoms with Gasteiger partial charge in [-0.3, -0.25) is 14.6 Å². The molecule has 4 aromatic rings. The van der Waals surface area contributed by atoms with E-state index in [1.165, 1.54) is 30.1 Å². The molecule has 5 rings (SSSR count). The second kappa shape index (κ2) is 12.5. The predicted molar refractivity (Wildman–Crippen MR) is 169 cm³/mol. The van der Waals surface area contributed by atoms with Gasteiger partial charge in [-0.1, -0.05) is 54.0 Å². The van der Waals surface area contributed by atoms with Crippen LogP contribution in [0.2, 0.25) is 10.0 Å². The van der Waals surface area contributed by atoms with E-state index in [1.807, 2.05) is 6.07 Å². The van der Waals surface area contributed by atoms with Gasteiger partial charge in [0.2, 0.25) is 11.9 Å². The second-order valence-corrected chi connectivity index (χ2v) is 10.1. The molecule has 0 saturated carbocycles. The van der Waals surface area contributed by atoms with E-state index in [0.717, 1.165) is 5.56 Å². The minimum absolute atomic E-state index is 0.0591. The number of anilines is 6. The van der Waals surface area contributed by atoms with Gasteiger partial charge in [0, 0.05) is 23.5 Å². The summed E-state index contributed by atoms with van der Waals surface area (Å²) in [5.41, 5.74) is 9.25. The summed E-state index contributed by atoms with van der Waals surface area (Å²) in [5.74, 6) is 0.785. The van der Waals surface area contributed by atoms with Gasteiger partial charge in [0.25, 0.3) is 0 Å². The molecular formula is C30H27Cl2N7O4. The molecule has 0 unspecified atom stereocenters. The Balaban J connectivity index is 1.59. The van der Waals surface area contributed by atoms with Crippen LogP contribution in [0.5, 0.6) is 11.5 Å². The van der Waals surface area contributed by atoms with Crippen LogP contribution in [0, 0.1) is 0 Å². The van der Waals surface area contributed by atoms with E-state index in [2.05, 4.69) is 22.2 Å². The molecule has 0 bridgehead atoms. The number of rotatable bonds is 9. The number of fused-ring (bicyclic) bond motifs is 1. The number of nitrogen functional groups attached to an aromatic ring is 1. The molecular weight excluding hydrogens is 593 g/mol. The largest absolute Gasteiger partial charge is 0.495 e. The molecule has 3 amide bonds. The van der Waals surface area contributed by atoms with Crippen molar-refractivity contribution in [2.75, 3.05) is 40.4 Å². The van der Waals surface area contributed by atoms with E-state index < -0.39 is 6.03 Å². The number of nitrogens with zero attached hydrogens (tertiary/aromatic N) is 4. The highest BCUT2D eigenvalue weighted by molar-refractivity contribution is 6.42. The topological polar surface area (TPSA) is 135 Å². The van der Waals surface area contributed by atoms with E-state index in [1.54, 1.807) is 54.7 Å². The van der Waals surface area contributed by atoms with Crippen LogP contribution in [-0.2, 0) is 17.9 Å². The zero-order valence-corrected chi connectivity index (χ0v) is 24.7. The second-order valence-electron chi connectivity index (χ2n) is 9.36. The minimum Gasteiger partial charge on any atom is -0.495 e. The van der Waals surface area contributed by atoms with E-state index >= 15 is 0 Å². The molecule has 0 atom stereocenters. The molecule has 220 valence electrons. The maximum Gasteiger partial charge on any atom is 0.330 e. The molecule has 0 saturated heterocycles. The van der Waals surface area contributed by atoms with Crippen LogP contribution in [-0.4, -0.2) is 36.1 Å².